The van der Waals surface area contributed by atoms with Gasteiger partial charge in [0, 0.05) is 37.4 Å². The molecule has 0 aromatic heterocycles. The van der Waals surface area contributed by atoms with Crippen molar-refractivity contribution in [2.75, 3.05) is 12.3 Å². The summed E-state index contributed by atoms with van der Waals surface area (Å²) in [6, 6.07) is 4.06. The topological polar surface area (TPSA) is 122 Å². The summed E-state index contributed by atoms with van der Waals surface area (Å²) in [7, 11) is 0. The normalized spacial score (nSPS) is 16.3. The Labute approximate surface area is 220 Å². The van der Waals surface area contributed by atoms with Crippen LogP contribution in [0.15, 0.2) is 30.3 Å². The summed E-state index contributed by atoms with van der Waals surface area (Å²) in [5.74, 6) is -6.31. The minimum atomic E-state index is -1.64. The molecule has 13 heteroatoms. The van der Waals surface area contributed by atoms with Crippen LogP contribution in [0.4, 0.5) is 17.6 Å². The van der Waals surface area contributed by atoms with Crippen LogP contribution in [-0.4, -0.2) is 57.1 Å². The van der Waals surface area contributed by atoms with Crippen LogP contribution in [0.1, 0.15) is 31.4 Å². The Bertz CT molecular complexity index is 1230. The van der Waals surface area contributed by atoms with Crippen LogP contribution >= 0.6 is 11.8 Å². The Morgan fingerprint density at radius 3 is 2.47 bits per heavy atom. The van der Waals surface area contributed by atoms with Gasteiger partial charge in [0.1, 0.15) is 5.82 Å². The van der Waals surface area contributed by atoms with Gasteiger partial charge in [-0.1, -0.05) is 6.07 Å². The standard InChI is InChI=1S/C25H27F4N3O5S/c1-25(2,24(35)36)37-20-4-3-13(7-19(20)29)12-31-22(34)23-32(5-6-38-23)21(33)10-15(30)8-14-9-17(27)18(28)11-16(14)26/h3-4,7,9,11,15,23H,5-6,8,10,12,30H2,1-2H3,(H,31,34)(H,35,36). The van der Waals surface area contributed by atoms with Crippen LogP contribution in [-0.2, 0) is 27.3 Å². The molecule has 0 radical (unpaired) electrons. The van der Waals surface area contributed by atoms with E-state index in [0.29, 0.717) is 23.4 Å². The lowest BCUT2D eigenvalue weighted by molar-refractivity contribution is -0.152. The molecule has 0 saturated carbocycles. The van der Waals surface area contributed by atoms with Gasteiger partial charge in [0.2, 0.25) is 5.91 Å². The Morgan fingerprint density at radius 2 is 1.82 bits per heavy atom. The molecule has 2 unspecified atom stereocenters. The smallest absolute Gasteiger partial charge is 0.347 e. The van der Waals surface area contributed by atoms with Crippen molar-refractivity contribution in [2.24, 2.45) is 5.73 Å². The van der Waals surface area contributed by atoms with E-state index in [2.05, 4.69) is 5.32 Å². The lowest BCUT2D eigenvalue weighted by atomic mass is 10.0. The number of hydrogen-bond donors (Lipinski definition) is 3. The minimum Gasteiger partial charge on any atom is -0.478 e. The van der Waals surface area contributed by atoms with E-state index in [9.17, 15) is 31.9 Å². The van der Waals surface area contributed by atoms with E-state index in [1.807, 2.05) is 0 Å². The predicted molar refractivity (Wildman–Crippen MR) is 131 cm³/mol. The number of carboxylic acid groups (broad SMARTS) is 1. The van der Waals surface area contributed by atoms with E-state index in [4.69, 9.17) is 15.6 Å². The fraction of sp³-hybridized carbons (Fsp3) is 0.400. The van der Waals surface area contributed by atoms with E-state index in [0.717, 1.165) is 6.07 Å². The quantitative estimate of drug-likeness (QED) is 0.303. The van der Waals surface area contributed by atoms with Crippen molar-refractivity contribution in [2.45, 2.75) is 50.3 Å². The largest absolute Gasteiger partial charge is 0.478 e. The van der Waals surface area contributed by atoms with Crippen molar-refractivity contribution >= 4 is 29.5 Å². The zero-order chi connectivity index (χ0) is 28.2. The molecule has 2 atom stereocenters. The van der Waals surface area contributed by atoms with Gasteiger partial charge in [0.25, 0.3) is 5.91 Å². The molecule has 3 rings (SSSR count). The average molecular weight is 558 g/mol. The number of nitrogens with zero attached hydrogens (tertiary/aromatic N) is 1. The molecule has 2 aromatic carbocycles. The zero-order valence-corrected chi connectivity index (χ0v) is 21.4. The van der Waals surface area contributed by atoms with Gasteiger partial charge >= 0.3 is 5.97 Å². The van der Waals surface area contributed by atoms with Gasteiger partial charge in [0.15, 0.2) is 34.2 Å². The number of aliphatic carboxylic acids is 1. The predicted octanol–water partition coefficient (Wildman–Crippen LogP) is 2.96. The summed E-state index contributed by atoms with van der Waals surface area (Å²) in [6.45, 7) is 2.77. The molecule has 0 aliphatic carbocycles. The number of thioether (sulfide) groups is 1. The maximum absolute atomic E-state index is 14.4. The highest BCUT2D eigenvalue weighted by Gasteiger charge is 2.35. The van der Waals surface area contributed by atoms with Crippen molar-refractivity contribution in [1.29, 1.82) is 0 Å². The summed E-state index contributed by atoms with van der Waals surface area (Å²) < 4.78 is 60.1. The lowest BCUT2D eigenvalue weighted by Crippen LogP contribution is -2.46. The lowest BCUT2D eigenvalue weighted by Gasteiger charge is -2.24. The van der Waals surface area contributed by atoms with Gasteiger partial charge in [-0.2, -0.15) is 0 Å². The first kappa shape index (κ1) is 29.2. The SMILES string of the molecule is CC(C)(Oc1ccc(CNC(=O)C2SCCN2C(=O)CC(N)Cc2cc(F)c(F)cc2F)cc1F)C(=O)O. The number of nitrogens with two attached hydrogens (primary N) is 1. The summed E-state index contributed by atoms with van der Waals surface area (Å²) >= 11 is 1.23. The van der Waals surface area contributed by atoms with Crippen molar-refractivity contribution < 1.29 is 41.8 Å². The van der Waals surface area contributed by atoms with E-state index < -0.39 is 58.1 Å². The first-order valence-electron chi connectivity index (χ1n) is 11.6. The highest BCUT2D eigenvalue weighted by atomic mass is 32.2. The third-order valence-electron chi connectivity index (χ3n) is 5.79. The maximum Gasteiger partial charge on any atom is 0.347 e. The van der Waals surface area contributed by atoms with Crippen LogP contribution in [0.2, 0.25) is 0 Å². The molecule has 0 bridgehead atoms. The second-order valence-electron chi connectivity index (χ2n) is 9.24. The summed E-state index contributed by atoms with van der Waals surface area (Å²) in [5.41, 5.74) is 4.53. The molecule has 2 amide bonds. The van der Waals surface area contributed by atoms with Crippen LogP contribution in [0.3, 0.4) is 0 Å². The van der Waals surface area contributed by atoms with Crippen LogP contribution in [0.5, 0.6) is 5.75 Å². The Kier molecular flexibility index (Phi) is 9.26. The van der Waals surface area contributed by atoms with E-state index in [1.165, 1.54) is 42.6 Å². The van der Waals surface area contributed by atoms with Crippen molar-refractivity contribution in [1.82, 2.24) is 10.2 Å². The van der Waals surface area contributed by atoms with Gasteiger partial charge < -0.3 is 25.8 Å². The molecule has 206 valence electrons. The number of ether oxygens (including phenoxy) is 1. The first-order chi connectivity index (χ1) is 17.8. The fourth-order valence-electron chi connectivity index (χ4n) is 3.69. The molecular formula is C25H27F4N3O5S. The maximum atomic E-state index is 14.4. The molecule has 2 aromatic rings. The van der Waals surface area contributed by atoms with E-state index in [-0.39, 0.29) is 37.2 Å². The molecule has 1 fully saturated rings. The first-order valence-corrected chi connectivity index (χ1v) is 12.6. The number of carbonyl (C=O) groups excluding carboxylic acids is 2. The van der Waals surface area contributed by atoms with Crippen molar-refractivity contribution in [3.05, 3.63) is 64.7 Å². The number of carbonyl (C=O) groups is 3. The van der Waals surface area contributed by atoms with E-state index >= 15 is 0 Å². The zero-order valence-electron chi connectivity index (χ0n) is 20.6. The van der Waals surface area contributed by atoms with Gasteiger partial charge in [-0.15, -0.1) is 11.8 Å². The summed E-state index contributed by atoms with van der Waals surface area (Å²) in [5, 5.41) is 10.9. The fourth-order valence-corrected chi connectivity index (χ4v) is 4.85. The van der Waals surface area contributed by atoms with Gasteiger partial charge in [0.05, 0.1) is 0 Å². The van der Waals surface area contributed by atoms with Gasteiger partial charge in [-0.3, -0.25) is 9.59 Å². The Hall–Kier alpha value is -3.32. The molecule has 0 spiro atoms. The molecular weight excluding hydrogens is 530 g/mol. The number of nitrogens with one attached hydrogen (secondary N) is 1. The van der Waals surface area contributed by atoms with Crippen LogP contribution in [0, 0.1) is 23.3 Å². The molecule has 1 aliphatic rings. The summed E-state index contributed by atoms with van der Waals surface area (Å²) in [6.07, 6.45) is -0.455. The summed E-state index contributed by atoms with van der Waals surface area (Å²) in [4.78, 5) is 38.1. The second kappa shape index (κ2) is 12.0. The molecule has 8 nitrogen and oxygen atoms in total. The monoisotopic (exact) mass is 557 g/mol. The van der Waals surface area contributed by atoms with E-state index in [1.54, 1.807) is 0 Å². The Balaban J connectivity index is 1.56. The Morgan fingerprint density at radius 1 is 1.13 bits per heavy atom. The van der Waals surface area contributed by atoms with Crippen molar-refractivity contribution in [3.8, 4) is 5.75 Å². The number of halogens is 4. The molecule has 4 N–H and O–H groups in total. The third-order valence-corrected chi connectivity index (χ3v) is 6.99. The number of rotatable bonds is 10. The number of benzene rings is 2. The highest BCUT2D eigenvalue weighted by Crippen LogP contribution is 2.26. The third kappa shape index (κ3) is 7.16. The number of carboxylic acids is 1. The van der Waals surface area contributed by atoms with Crippen molar-refractivity contribution in [3.63, 3.8) is 0 Å². The molecule has 38 heavy (non-hydrogen) atoms. The molecule has 1 aliphatic heterocycles. The van der Waals surface area contributed by atoms with Crippen LogP contribution in [0.25, 0.3) is 0 Å². The van der Waals surface area contributed by atoms with Crippen LogP contribution < -0.4 is 15.8 Å². The number of amides is 2. The molecule has 1 heterocycles. The average Bonchev–Trinajstić information content (AvgIpc) is 3.32. The van der Waals surface area contributed by atoms with Gasteiger partial charge in [-0.05, 0) is 49.6 Å². The second-order valence-corrected chi connectivity index (χ2v) is 10.4. The molecule has 1 saturated heterocycles. The number of hydrogen-bond acceptors (Lipinski definition) is 6. The highest BCUT2D eigenvalue weighted by molar-refractivity contribution is 8.00. The minimum absolute atomic E-state index is 0.0631. The van der Waals surface area contributed by atoms with Gasteiger partial charge in [-0.25, -0.2) is 22.4 Å².